The molecule has 4 aliphatic carbocycles. The smallest absolute Gasteiger partial charge is 0.248 e. The summed E-state index contributed by atoms with van der Waals surface area (Å²) in [5, 5.41) is 13.7. The monoisotopic (exact) mass is 470 g/mol. The molecule has 6 heteroatoms. The highest BCUT2D eigenvalue weighted by molar-refractivity contribution is 5.95. The molecular formula is C28H42N2O4. The number of allylic oxidation sites excluding steroid dienone is 2. The number of carbonyl (C=O) groups excluding carboxylic acids is 3. The van der Waals surface area contributed by atoms with Crippen LogP contribution in [0.3, 0.4) is 0 Å². The summed E-state index contributed by atoms with van der Waals surface area (Å²) in [4.78, 5) is 39.1. The van der Waals surface area contributed by atoms with Gasteiger partial charge in [-0.1, -0.05) is 26.3 Å². The Hall–Kier alpha value is -1.69. The summed E-state index contributed by atoms with van der Waals surface area (Å²) in [6, 6.07) is 0.0953. The van der Waals surface area contributed by atoms with Crippen molar-refractivity contribution in [2.24, 2.45) is 45.8 Å². The molecule has 2 N–H and O–H groups in total. The van der Waals surface area contributed by atoms with Crippen LogP contribution in [0.15, 0.2) is 11.6 Å². The van der Waals surface area contributed by atoms with E-state index in [9.17, 15) is 19.6 Å². The lowest BCUT2D eigenvalue weighted by atomic mass is 9.40. The number of hydrogen-bond acceptors (Lipinski definition) is 4. The minimum absolute atomic E-state index is 0.0587. The van der Waals surface area contributed by atoms with E-state index in [-0.39, 0.29) is 57.6 Å². The van der Waals surface area contributed by atoms with Gasteiger partial charge in [0.05, 0.1) is 0 Å². The van der Waals surface area contributed by atoms with Crippen LogP contribution >= 0.6 is 0 Å². The molecule has 0 bridgehead atoms. The Balaban J connectivity index is 1.53. The molecule has 0 aromatic rings. The first-order valence-electron chi connectivity index (χ1n) is 13.4. The number of rotatable bonds is 1. The maximum Gasteiger partial charge on any atom is 0.248 e. The minimum Gasteiger partial charge on any atom is -0.353 e. The zero-order valence-corrected chi connectivity index (χ0v) is 21.5. The van der Waals surface area contributed by atoms with Crippen molar-refractivity contribution in [2.75, 3.05) is 7.05 Å². The van der Waals surface area contributed by atoms with Crippen LogP contribution in [0.1, 0.15) is 85.5 Å². The summed E-state index contributed by atoms with van der Waals surface area (Å²) in [5.41, 5.74) is 1.11. The SMILES string of the molecule is CC1NC(=O)CCC2(C)C1CCC1(C)C3CCC4(C)CCC(C(=O)N(C)O)CC4C3=CC(=O)C12. The Morgan fingerprint density at radius 2 is 1.74 bits per heavy atom. The molecule has 9 atom stereocenters. The average molecular weight is 471 g/mol. The molecule has 6 nitrogen and oxygen atoms in total. The fourth-order valence-electron chi connectivity index (χ4n) is 9.63. The Morgan fingerprint density at radius 1 is 1.03 bits per heavy atom. The van der Waals surface area contributed by atoms with E-state index in [2.05, 4.69) is 33.0 Å². The molecule has 1 aliphatic heterocycles. The molecule has 5 aliphatic rings. The van der Waals surface area contributed by atoms with E-state index in [0.717, 1.165) is 56.4 Å². The van der Waals surface area contributed by atoms with Crippen LogP contribution in [0.5, 0.6) is 0 Å². The number of nitrogens with one attached hydrogen (secondary N) is 1. The van der Waals surface area contributed by atoms with Crippen molar-refractivity contribution in [3.8, 4) is 0 Å². The maximum atomic E-state index is 14.1. The van der Waals surface area contributed by atoms with Gasteiger partial charge in [0.15, 0.2) is 5.78 Å². The van der Waals surface area contributed by atoms with Crippen molar-refractivity contribution in [1.29, 1.82) is 0 Å². The fraction of sp³-hybridized carbons (Fsp3) is 0.821. The lowest BCUT2D eigenvalue weighted by molar-refractivity contribution is -0.168. The van der Waals surface area contributed by atoms with Gasteiger partial charge >= 0.3 is 0 Å². The third-order valence-electron chi connectivity index (χ3n) is 11.3. The second-order valence-electron chi connectivity index (χ2n) is 13.1. The third kappa shape index (κ3) is 3.34. The average Bonchev–Trinajstić information content (AvgIpc) is 2.87. The van der Waals surface area contributed by atoms with Crippen LogP contribution < -0.4 is 5.32 Å². The lowest BCUT2D eigenvalue weighted by Crippen LogP contribution is -2.60. The largest absolute Gasteiger partial charge is 0.353 e. The molecule has 5 rings (SSSR count). The van der Waals surface area contributed by atoms with Gasteiger partial charge in [-0.25, -0.2) is 5.06 Å². The molecule has 4 fully saturated rings. The van der Waals surface area contributed by atoms with Gasteiger partial charge in [-0.05, 0) is 98.4 Å². The van der Waals surface area contributed by atoms with Gasteiger partial charge < -0.3 is 5.32 Å². The summed E-state index contributed by atoms with van der Waals surface area (Å²) in [7, 11) is 1.42. The van der Waals surface area contributed by atoms with Crippen LogP contribution in [0.4, 0.5) is 0 Å². The molecule has 3 saturated carbocycles. The van der Waals surface area contributed by atoms with E-state index in [4.69, 9.17) is 0 Å². The molecule has 1 heterocycles. The molecule has 0 aromatic carbocycles. The van der Waals surface area contributed by atoms with Gasteiger partial charge in [-0.2, -0.15) is 0 Å². The van der Waals surface area contributed by atoms with E-state index in [1.807, 2.05) is 6.08 Å². The number of hydrogen-bond donors (Lipinski definition) is 2. The van der Waals surface area contributed by atoms with Gasteiger partial charge in [-0.15, -0.1) is 0 Å². The highest BCUT2D eigenvalue weighted by Gasteiger charge is 2.64. The quantitative estimate of drug-likeness (QED) is 0.436. The van der Waals surface area contributed by atoms with Gasteiger partial charge in [-0.3, -0.25) is 19.6 Å². The number of fused-ring (bicyclic) bond motifs is 7. The molecular weight excluding hydrogens is 428 g/mol. The predicted octanol–water partition coefficient (Wildman–Crippen LogP) is 4.51. The normalized spacial score (nSPS) is 48.2. The minimum atomic E-state index is -0.200. The number of amides is 2. The van der Waals surface area contributed by atoms with Crippen molar-refractivity contribution in [3.63, 3.8) is 0 Å². The second-order valence-corrected chi connectivity index (χ2v) is 13.1. The standard InChI is InChI=1S/C28H42N2O4/c1-16-19-8-12-28(4)20-7-11-26(2)10-6-17(25(33)30(5)34)14-21(26)18(20)15-22(31)24(28)27(19,3)13-9-23(32)29-16/h15-17,19-21,24,34H,6-14H2,1-5H3,(H,29,32). The Bertz CT molecular complexity index is 943. The van der Waals surface area contributed by atoms with E-state index in [1.54, 1.807) is 0 Å². The summed E-state index contributed by atoms with van der Waals surface area (Å²) in [6.45, 7) is 9.11. The van der Waals surface area contributed by atoms with Crippen molar-refractivity contribution < 1.29 is 19.6 Å². The number of carbonyl (C=O) groups is 3. The zero-order valence-electron chi connectivity index (χ0n) is 21.5. The predicted molar refractivity (Wildman–Crippen MR) is 129 cm³/mol. The topological polar surface area (TPSA) is 86.7 Å². The number of nitrogens with zero attached hydrogens (tertiary/aromatic N) is 1. The summed E-state index contributed by atoms with van der Waals surface area (Å²) in [5.74, 6) is 0.823. The highest BCUT2D eigenvalue weighted by Crippen LogP contribution is 2.68. The van der Waals surface area contributed by atoms with Crippen molar-refractivity contribution in [1.82, 2.24) is 10.4 Å². The summed E-state index contributed by atoms with van der Waals surface area (Å²) in [6.07, 6.45) is 10.0. The van der Waals surface area contributed by atoms with Crippen molar-refractivity contribution >= 4 is 17.6 Å². The Morgan fingerprint density at radius 3 is 2.44 bits per heavy atom. The van der Waals surface area contributed by atoms with E-state index < -0.39 is 0 Å². The molecule has 1 saturated heterocycles. The number of hydroxylamine groups is 2. The second kappa shape index (κ2) is 7.91. The number of ketones is 1. The Labute approximate surface area is 203 Å². The molecule has 0 spiro atoms. The van der Waals surface area contributed by atoms with E-state index in [0.29, 0.717) is 18.3 Å². The van der Waals surface area contributed by atoms with Crippen molar-refractivity contribution in [3.05, 3.63) is 11.6 Å². The molecule has 0 radical (unpaired) electrons. The van der Waals surface area contributed by atoms with E-state index in [1.165, 1.54) is 12.6 Å². The van der Waals surface area contributed by atoms with Crippen LogP contribution in [0.25, 0.3) is 0 Å². The molecule has 2 amide bonds. The summed E-state index contributed by atoms with van der Waals surface area (Å²) >= 11 is 0. The van der Waals surface area contributed by atoms with E-state index >= 15 is 0 Å². The summed E-state index contributed by atoms with van der Waals surface area (Å²) < 4.78 is 0. The first-order valence-corrected chi connectivity index (χ1v) is 13.4. The zero-order chi connectivity index (χ0) is 24.6. The van der Waals surface area contributed by atoms with Gasteiger partial charge in [0.1, 0.15) is 0 Å². The van der Waals surface area contributed by atoms with Gasteiger partial charge in [0.25, 0.3) is 0 Å². The van der Waals surface area contributed by atoms with Crippen LogP contribution in [-0.4, -0.2) is 41.0 Å². The first kappa shape index (κ1) is 24.0. The molecule has 34 heavy (non-hydrogen) atoms. The van der Waals surface area contributed by atoms with Crippen LogP contribution in [0, 0.1) is 45.8 Å². The fourth-order valence-corrected chi connectivity index (χ4v) is 9.63. The highest BCUT2D eigenvalue weighted by atomic mass is 16.5. The first-order chi connectivity index (χ1) is 15.9. The third-order valence-corrected chi connectivity index (χ3v) is 11.3. The molecule has 0 aromatic heterocycles. The van der Waals surface area contributed by atoms with Gasteiger partial charge in [0.2, 0.25) is 11.8 Å². The molecule has 9 unspecified atom stereocenters. The van der Waals surface area contributed by atoms with Gasteiger partial charge in [0, 0.05) is 31.3 Å². The molecule has 188 valence electrons. The van der Waals surface area contributed by atoms with Crippen LogP contribution in [-0.2, 0) is 14.4 Å². The van der Waals surface area contributed by atoms with Crippen molar-refractivity contribution in [2.45, 2.75) is 91.5 Å². The lowest BCUT2D eigenvalue weighted by Gasteiger charge is -2.63. The maximum absolute atomic E-state index is 14.1. The Kier molecular flexibility index (Phi) is 5.59. The van der Waals surface area contributed by atoms with Crippen LogP contribution in [0.2, 0.25) is 0 Å².